The van der Waals surface area contributed by atoms with Gasteiger partial charge < -0.3 is 40.3 Å². The SMILES string of the molecule is CC(C)(C)OC(=O)NC1CCC(N(C(=O)O)c2cc(CCCNC(=O)[C@H]3CC[C@H](CNC[C@H](O[Si](C)(C)C(C)(C)C)c4ccc(O)c5[nH]c(=O)ccc45)CC3)ccc2-c2ccccc2)CC1. The number of carbonyl (C=O) groups is 3. The smallest absolute Gasteiger partial charge is 0.412 e. The summed E-state index contributed by atoms with van der Waals surface area (Å²) in [5.41, 5.74) is 3.90. The maximum Gasteiger partial charge on any atom is 0.412 e. The van der Waals surface area contributed by atoms with E-state index in [2.05, 4.69) is 60.9 Å². The van der Waals surface area contributed by atoms with Crippen molar-refractivity contribution in [2.24, 2.45) is 11.8 Å². The first kappa shape index (κ1) is 50.2. The summed E-state index contributed by atoms with van der Waals surface area (Å²) >= 11 is 0. The van der Waals surface area contributed by atoms with Gasteiger partial charge in [-0.25, -0.2) is 9.59 Å². The van der Waals surface area contributed by atoms with Gasteiger partial charge in [-0.2, -0.15) is 0 Å². The topological polar surface area (TPSA) is 182 Å². The number of rotatable bonds is 16. The predicted molar refractivity (Wildman–Crippen MR) is 265 cm³/mol. The van der Waals surface area contributed by atoms with E-state index >= 15 is 0 Å². The maximum absolute atomic E-state index is 13.4. The van der Waals surface area contributed by atoms with E-state index in [0.29, 0.717) is 68.7 Å². The van der Waals surface area contributed by atoms with E-state index < -0.39 is 26.1 Å². The molecule has 6 rings (SSSR count). The summed E-state index contributed by atoms with van der Waals surface area (Å²) in [6.07, 6.45) is 5.69. The molecule has 13 nitrogen and oxygen atoms in total. The number of amides is 3. The fourth-order valence-corrected chi connectivity index (χ4v) is 10.5. The number of H-pyrrole nitrogens is 1. The maximum atomic E-state index is 13.4. The fraction of sp³-hybridized carbons (Fsp3) is 0.538. The first-order valence-corrected chi connectivity index (χ1v) is 26.8. The van der Waals surface area contributed by atoms with E-state index in [9.17, 15) is 29.4 Å². The van der Waals surface area contributed by atoms with Gasteiger partial charge in [-0.05, 0) is 150 Å². The van der Waals surface area contributed by atoms with Gasteiger partial charge in [-0.3, -0.25) is 14.5 Å². The molecule has 3 amide bonds. The van der Waals surface area contributed by atoms with Crippen LogP contribution in [-0.4, -0.2) is 78.9 Å². The van der Waals surface area contributed by atoms with Crippen molar-refractivity contribution in [3.63, 3.8) is 0 Å². The number of nitrogens with one attached hydrogen (secondary N) is 4. The number of carbonyl (C=O) groups excluding carboxylic acids is 2. The number of pyridine rings is 1. The third-order valence-corrected chi connectivity index (χ3v) is 18.3. The van der Waals surface area contributed by atoms with Crippen LogP contribution in [0.15, 0.2) is 77.6 Å². The summed E-state index contributed by atoms with van der Waals surface area (Å²) in [7, 11) is -2.21. The molecule has 3 aromatic carbocycles. The first-order chi connectivity index (χ1) is 31.2. The van der Waals surface area contributed by atoms with Crippen LogP contribution in [0.3, 0.4) is 0 Å². The Morgan fingerprint density at radius 2 is 1.58 bits per heavy atom. The Kier molecular flexibility index (Phi) is 16.5. The number of aromatic hydroxyl groups is 1. The molecular weight excluding hydrogens is 851 g/mol. The van der Waals surface area contributed by atoms with Crippen molar-refractivity contribution in [1.29, 1.82) is 0 Å². The quantitative estimate of drug-likeness (QED) is 0.0471. The Balaban J connectivity index is 1.01. The van der Waals surface area contributed by atoms with Crippen molar-refractivity contribution in [2.75, 3.05) is 24.5 Å². The van der Waals surface area contributed by atoms with Crippen LogP contribution in [0.2, 0.25) is 18.1 Å². The highest BCUT2D eigenvalue weighted by Gasteiger charge is 2.40. The molecule has 0 radical (unpaired) electrons. The van der Waals surface area contributed by atoms with Gasteiger partial charge in [0.25, 0.3) is 0 Å². The number of ether oxygens (including phenoxy) is 1. The number of phenols is 1. The van der Waals surface area contributed by atoms with E-state index in [-0.39, 0.29) is 46.4 Å². The van der Waals surface area contributed by atoms with Crippen molar-refractivity contribution in [1.82, 2.24) is 20.9 Å². The molecule has 0 bridgehead atoms. The van der Waals surface area contributed by atoms with Gasteiger partial charge in [0.1, 0.15) is 11.4 Å². The molecule has 2 fully saturated rings. The van der Waals surface area contributed by atoms with Crippen LogP contribution in [0.5, 0.6) is 5.75 Å². The van der Waals surface area contributed by atoms with E-state index in [1.54, 1.807) is 12.1 Å². The number of nitrogens with zero attached hydrogens (tertiary/aromatic N) is 1. The highest BCUT2D eigenvalue weighted by molar-refractivity contribution is 6.74. The molecule has 358 valence electrons. The highest BCUT2D eigenvalue weighted by atomic mass is 28.4. The van der Waals surface area contributed by atoms with Crippen LogP contribution < -0.4 is 26.4 Å². The molecule has 4 aromatic rings. The third-order valence-electron chi connectivity index (χ3n) is 13.8. The Hall–Kier alpha value is -5.18. The van der Waals surface area contributed by atoms with Crippen molar-refractivity contribution in [2.45, 2.75) is 148 Å². The number of fused-ring (bicyclic) bond motifs is 1. The number of aryl methyl sites for hydroxylation is 1. The van der Waals surface area contributed by atoms with Gasteiger partial charge in [-0.15, -0.1) is 0 Å². The Labute approximate surface area is 391 Å². The Bertz CT molecular complexity index is 2340. The van der Waals surface area contributed by atoms with Gasteiger partial charge in [0.05, 0.1) is 17.3 Å². The number of hydrogen-bond acceptors (Lipinski definition) is 8. The lowest BCUT2D eigenvalue weighted by atomic mass is 9.81. The molecule has 66 heavy (non-hydrogen) atoms. The van der Waals surface area contributed by atoms with Crippen LogP contribution in [0, 0.1) is 11.8 Å². The lowest BCUT2D eigenvalue weighted by Crippen LogP contribution is -2.47. The molecule has 2 saturated carbocycles. The van der Waals surface area contributed by atoms with Crippen LogP contribution in [0.25, 0.3) is 22.0 Å². The Morgan fingerprint density at radius 1 is 0.879 bits per heavy atom. The molecule has 0 saturated heterocycles. The predicted octanol–water partition coefficient (Wildman–Crippen LogP) is 10.4. The van der Waals surface area contributed by atoms with Gasteiger partial charge in [0.2, 0.25) is 11.5 Å². The Morgan fingerprint density at radius 3 is 2.23 bits per heavy atom. The minimum Gasteiger partial charge on any atom is -0.506 e. The van der Waals surface area contributed by atoms with Crippen LogP contribution in [-0.2, 0) is 20.4 Å². The van der Waals surface area contributed by atoms with Gasteiger partial charge in [0, 0.05) is 48.1 Å². The van der Waals surface area contributed by atoms with Gasteiger partial charge in [0.15, 0.2) is 8.32 Å². The largest absolute Gasteiger partial charge is 0.506 e. The second-order valence-corrected chi connectivity index (χ2v) is 25.7. The third kappa shape index (κ3) is 13.2. The standard InChI is InChI=1S/C52H73N5O8Si/c1-51(2,3)64-49(61)55-38-21-23-39(24-22-38)57(50(62)63)43-31-34(18-25-40(43)36-14-10-9-11-15-36)13-12-30-54-48(60)37-19-16-35(17-20-37)32-53-33-45(65-66(7,8)52(4,5)6)41-26-28-44(58)47-42(41)27-29-46(59)56-47/h9-11,14-15,18,25-29,31,35,37-39,45,53,58H,12-13,16-17,19-24,30,32-33H2,1-8H3,(H,54,60)(H,55,61)(H,56,59)(H,62,63)/t35-,37-,38?,39?,45-/m0/s1. The first-order valence-electron chi connectivity index (χ1n) is 23.9. The fourth-order valence-electron chi connectivity index (χ4n) is 9.19. The minimum absolute atomic E-state index is 0.0150. The molecule has 1 aromatic heterocycles. The van der Waals surface area contributed by atoms with Crippen LogP contribution >= 0.6 is 0 Å². The average Bonchev–Trinajstić information content (AvgIpc) is 3.25. The van der Waals surface area contributed by atoms with Gasteiger partial charge in [-0.1, -0.05) is 69.3 Å². The molecule has 6 N–H and O–H groups in total. The average molecular weight is 924 g/mol. The summed E-state index contributed by atoms with van der Waals surface area (Å²) < 4.78 is 12.4. The van der Waals surface area contributed by atoms with Crippen molar-refractivity contribution >= 4 is 43.0 Å². The number of benzene rings is 3. The number of alkyl carbamates (subject to hydrolysis) is 1. The van der Waals surface area contributed by atoms with E-state index in [4.69, 9.17) is 9.16 Å². The number of phenolic OH excluding ortho intramolecular Hbond substituents is 1. The molecular formula is C52H73N5O8Si. The van der Waals surface area contributed by atoms with E-state index in [1.165, 1.54) is 11.0 Å². The summed E-state index contributed by atoms with van der Waals surface area (Å²) in [4.78, 5) is 55.3. The minimum atomic E-state index is -2.21. The van der Waals surface area contributed by atoms with Gasteiger partial charge >= 0.3 is 12.2 Å². The molecule has 2 aliphatic rings. The monoisotopic (exact) mass is 924 g/mol. The molecule has 0 unspecified atom stereocenters. The summed E-state index contributed by atoms with van der Waals surface area (Å²) in [5, 5.41) is 31.8. The lowest BCUT2D eigenvalue weighted by Gasteiger charge is -2.40. The van der Waals surface area contributed by atoms with Crippen molar-refractivity contribution in [3.05, 3.63) is 94.3 Å². The molecule has 1 atom stereocenters. The van der Waals surface area contributed by atoms with Crippen LogP contribution in [0.4, 0.5) is 15.3 Å². The number of carboxylic acid groups (broad SMARTS) is 1. The molecule has 0 aliphatic heterocycles. The summed E-state index contributed by atoms with van der Waals surface area (Å²) in [6.45, 7) is 18.5. The molecule has 14 heteroatoms. The second-order valence-electron chi connectivity index (χ2n) is 20.9. The zero-order valence-electron chi connectivity index (χ0n) is 40.3. The molecule has 0 spiro atoms. The van der Waals surface area contributed by atoms with E-state index in [1.807, 2.05) is 69.3 Å². The zero-order valence-corrected chi connectivity index (χ0v) is 41.3. The number of anilines is 1. The highest BCUT2D eigenvalue weighted by Crippen LogP contribution is 2.42. The normalized spacial score (nSPS) is 19.8. The second kappa shape index (κ2) is 21.6. The van der Waals surface area contributed by atoms with Crippen molar-refractivity contribution < 1.29 is 33.8 Å². The van der Waals surface area contributed by atoms with Crippen molar-refractivity contribution in [3.8, 4) is 16.9 Å². The zero-order chi connectivity index (χ0) is 47.8. The van der Waals surface area contributed by atoms with Crippen LogP contribution in [0.1, 0.15) is 117 Å². The van der Waals surface area contributed by atoms with E-state index in [0.717, 1.165) is 59.9 Å². The number of aromatic amines is 1. The number of aromatic nitrogens is 1. The lowest BCUT2D eigenvalue weighted by molar-refractivity contribution is -0.126. The summed E-state index contributed by atoms with van der Waals surface area (Å²) in [5.74, 6) is 0.520. The molecule has 1 heterocycles. The number of hydrogen-bond donors (Lipinski definition) is 6. The summed E-state index contributed by atoms with van der Waals surface area (Å²) in [6, 6.07) is 22.3. The molecule has 2 aliphatic carbocycles.